The maximum atomic E-state index is 12.5. The second kappa shape index (κ2) is 9.47. The van der Waals surface area contributed by atoms with Crippen molar-refractivity contribution in [2.24, 2.45) is 4.99 Å². The van der Waals surface area contributed by atoms with Gasteiger partial charge in [0.1, 0.15) is 17.2 Å². The van der Waals surface area contributed by atoms with Gasteiger partial charge in [-0.05, 0) is 24.3 Å². The molecule has 0 aliphatic carbocycles. The number of nitrogens with zero attached hydrogens (tertiary/aromatic N) is 1. The lowest BCUT2D eigenvalue weighted by molar-refractivity contribution is 0.102. The van der Waals surface area contributed by atoms with E-state index in [2.05, 4.69) is 10.3 Å². The number of hydrogen-bond acceptors (Lipinski definition) is 6. The summed E-state index contributed by atoms with van der Waals surface area (Å²) in [7, 11) is 4.49. The molecule has 0 heterocycles. The van der Waals surface area contributed by atoms with Crippen molar-refractivity contribution in [3.8, 4) is 23.0 Å². The zero-order valence-corrected chi connectivity index (χ0v) is 16.9. The molecule has 0 aliphatic heterocycles. The van der Waals surface area contributed by atoms with E-state index in [0.29, 0.717) is 39.8 Å². The fourth-order valence-corrected chi connectivity index (χ4v) is 2.81. The number of benzene rings is 3. The third-order valence-electron chi connectivity index (χ3n) is 4.38. The fourth-order valence-electron chi connectivity index (χ4n) is 2.81. The Morgan fingerprint density at radius 3 is 2.27 bits per heavy atom. The number of methoxy groups -OCH3 is 3. The van der Waals surface area contributed by atoms with Crippen LogP contribution in [0.25, 0.3) is 0 Å². The third kappa shape index (κ3) is 4.52. The molecule has 0 unspecified atom stereocenters. The summed E-state index contributed by atoms with van der Waals surface area (Å²) in [6.07, 6.45) is 1.50. The number of phenols is 1. The predicted octanol–water partition coefficient (Wildman–Crippen LogP) is 4.42. The third-order valence-corrected chi connectivity index (χ3v) is 4.38. The number of phenolic OH excluding ortho intramolecular Hbond substituents is 1. The lowest BCUT2D eigenvalue weighted by Gasteiger charge is -2.14. The van der Waals surface area contributed by atoms with Crippen LogP contribution >= 0.6 is 0 Å². The number of nitrogens with one attached hydrogen (secondary N) is 1. The van der Waals surface area contributed by atoms with E-state index in [1.54, 1.807) is 54.6 Å². The summed E-state index contributed by atoms with van der Waals surface area (Å²) in [6.45, 7) is 0. The Morgan fingerprint density at radius 2 is 1.60 bits per heavy atom. The minimum Gasteiger partial charge on any atom is -0.504 e. The van der Waals surface area contributed by atoms with Crippen LogP contribution in [0, 0.1) is 0 Å². The van der Waals surface area contributed by atoms with Gasteiger partial charge in [0, 0.05) is 29.5 Å². The molecule has 2 N–H and O–H groups in total. The average Bonchev–Trinajstić information content (AvgIpc) is 2.79. The number of para-hydroxylation sites is 1. The van der Waals surface area contributed by atoms with Crippen molar-refractivity contribution in [3.63, 3.8) is 0 Å². The number of amides is 1. The standard InChI is InChI=1S/C23H22N2O5/c1-28-19-11-7-10-16(22(19)26)14-24-17-12-21(30-3)18(13-20(17)29-2)25-23(27)15-8-5-4-6-9-15/h4-14,26H,1-3H3,(H,25,27). The lowest BCUT2D eigenvalue weighted by Crippen LogP contribution is -2.12. The van der Waals surface area contributed by atoms with Gasteiger partial charge in [-0.25, -0.2) is 0 Å². The molecule has 3 aromatic rings. The van der Waals surface area contributed by atoms with Crippen LogP contribution in [0.4, 0.5) is 11.4 Å². The summed E-state index contributed by atoms with van der Waals surface area (Å²) in [5.74, 6) is 0.914. The number of carbonyl (C=O) groups is 1. The van der Waals surface area contributed by atoms with Crippen LogP contribution in [0.2, 0.25) is 0 Å². The second-order valence-electron chi connectivity index (χ2n) is 6.20. The number of anilines is 1. The molecular weight excluding hydrogens is 384 g/mol. The highest BCUT2D eigenvalue weighted by Crippen LogP contribution is 2.38. The van der Waals surface area contributed by atoms with Crippen LogP contribution in [0.5, 0.6) is 23.0 Å². The highest BCUT2D eigenvalue weighted by molar-refractivity contribution is 6.05. The maximum Gasteiger partial charge on any atom is 0.255 e. The molecule has 3 rings (SSSR count). The van der Waals surface area contributed by atoms with E-state index in [4.69, 9.17) is 14.2 Å². The van der Waals surface area contributed by atoms with Crippen molar-refractivity contribution < 1.29 is 24.1 Å². The molecule has 0 saturated heterocycles. The first-order valence-corrected chi connectivity index (χ1v) is 9.09. The normalized spacial score (nSPS) is 10.6. The molecule has 0 aromatic heterocycles. The Morgan fingerprint density at radius 1 is 0.900 bits per heavy atom. The maximum absolute atomic E-state index is 12.5. The second-order valence-corrected chi connectivity index (χ2v) is 6.20. The van der Waals surface area contributed by atoms with E-state index in [-0.39, 0.29) is 11.7 Å². The van der Waals surface area contributed by atoms with E-state index in [1.807, 2.05) is 6.07 Å². The number of aliphatic imine (C=N–C) groups is 1. The molecule has 3 aromatic carbocycles. The molecule has 30 heavy (non-hydrogen) atoms. The Kier molecular flexibility index (Phi) is 6.54. The first-order chi connectivity index (χ1) is 14.6. The van der Waals surface area contributed by atoms with E-state index in [9.17, 15) is 9.90 Å². The number of ether oxygens (including phenoxy) is 3. The Balaban J connectivity index is 1.92. The number of carbonyl (C=O) groups excluding carboxylic acids is 1. The van der Waals surface area contributed by atoms with Gasteiger partial charge >= 0.3 is 0 Å². The zero-order chi connectivity index (χ0) is 21.5. The molecule has 0 fully saturated rings. The van der Waals surface area contributed by atoms with E-state index >= 15 is 0 Å². The van der Waals surface area contributed by atoms with Crippen molar-refractivity contribution in [2.75, 3.05) is 26.6 Å². The summed E-state index contributed by atoms with van der Waals surface area (Å²) in [6, 6.07) is 17.3. The minimum absolute atomic E-state index is 0.0126. The van der Waals surface area contributed by atoms with E-state index in [0.717, 1.165) is 0 Å². The first kappa shape index (κ1) is 20.7. The fraction of sp³-hybridized carbons (Fsp3) is 0.130. The molecule has 154 valence electrons. The van der Waals surface area contributed by atoms with Crippen LogP contribution in [0.15, 0.2) is 65.7 Å². The van der Waals surface area contributed by atoms with Crippen molar-refractivity contribution in [2.45, 2.75) is 0 Å². The molecule has 0 bridgehead atoms. The summed E-state index contributed by atoms with van der Waals surface area (Å²) in [5, 5.41) is 13.1. The van der Waals surface area contributed by atoms with Gasteiger partial charge in [-0.15, -0.1) is 0 Å². The summed E-state index contributed by atoms with van der Waals surface area (Å²) in [5.41, 5.74) is 1.92. The molecular formula is C23H22N2O5. The van der Waals surface area contributed by atoms with Crippen molar-refractivity contribution in [1.82, 2.24) is 0 Å². The van der Waals surface area contributed by atoms with Gasteiger partial charge in [0.05, 0.1) is 27.0 Å². The van der Waals surface area contributed by atoms with Gasteiger partial charge in [-0.1, -0.05) is 24.3 Å². The Hall–Kier alpha value is -4.00. The van der Waals surface area contributed by atoms with Gasteiger partial charge < -0.3 is 24.6 Å². The molecule has 7 heteroatoms. The molecule has 1 amide bonds. The lowest BCUT2D eigenvalue weighted by atomic mass is 10.2. The van der Waals surface area contributed by atoms with Gasteiger partial charge in [-0.2, -0.15) is 0 Å². The summed E-state index contributed by atoms with van der Waals surface area (Å²) < 4.78 is 16.0. The molecule has 0 spiro atoms. The molecule has 0 aliphatic rings. The molecule has 0 saturated carbocycles. The molecule has 7 nitrogen and oxygen atoms in total. The van der Waals surface area contributed by atoms with Crippen molar-refractivity contribution in [1.29, 1.82) is 0 Å². The zero-order valence-electron chi connectivity index (χ0n) is 16.9. The van der Waals surface area contributed by atoms with Gasteiger partial charge in [0.25, 0.3) is 5.91 Å². The summed E-state index contributed by atoms with van der Waals surface area (Å²) in [4.78, 5) is 16.9. The predicted molar refractivity (Wildman–Crippen MR) is 116 cm³/mol. The highest BCUT2D eigenvalue weighted by atomic mass is 16.5. The number of rotatable bonds is 7. The van der Waals surface area contributed by atoms with Crippen molar-refractivity contribution in [3.05, 3.63) is 71.8 Å². The van der Waals surface area contributed by atoms with Gasteiger partial charge in [0.2, 0.25) is 0 Å². The highest BCUT2D eigenvalue weighted by Gasteiger charge is 2.14. The number of aromatic hydroxyl groups is 1. The SMILES string of the molecule is COc1cc(NC(=O)c2ccccc2)c(OC)cc1N=Cc1cccc(OC)c1O. The van der Waals surface area contributed by atoms with Crippen LogP contribution in [-0.2, 0) is 0 Å². The average molecular weight is 406 g/mol. The van der Waals surface area contributed by atoms with Crippen LogP contribution in [0.3, 0.4) is 0 Å². The minimum atomic E-state index is -0.270. The smallest absolute Gasteiger partial charge is 0.255 e. The number of hydrogen-bond donors (Lipinski definition) is 2. The van der Waals surface area contributed by atoms with Crippen LogP contribution < -0.4 is 19.5 Å². The molecule has 0 atom stereocenters. The topological polar surface area (TPSA) is 89.4 Å². The van der Waals surface area contributed by atoms with Crippen molar-refractivity contribution >= 4 is 23.5 Å². The van der Waals surface area contributed by atoms with Crippen LogP contribution in [-0.4, -0.2) is 38.6 Å². The monoisotopic (exact) mass is 406 g/mol. The largest absolute Gasteiger partial charge is 0.504 e. The van der Waals surface area contributed by atoms with E-state index < -0.39 is 0 Å². The van der Waals surface area contributed by atoms with Gasteiger partial charge in [0.15, 0.2) is 11.5 Å². The Bertz CT molecular complexity index is 1060. The van der Waals surface area contributed by atoms with Crippen LogP contribution in [0.1, 0.15) is 15.9 Å². The quantitative estimate of drug-likeness (QED) is 0.567. The van der Waals surface area contributed by atoms with Gasteiger partial charge in [-0.3, -0.25) is 9.79 Å². The van der Waals surface area contributed by atoms with E-state index in [1.165, 1.54) is 27.5 Å². The molecule has 0 radical (unpaired) electrons. The first-order valence-electron chi connectivity index (χ1n) is 9.09. The Labute approximate surface area is 174 Å². The summed E-state index contributed by atoms with van der Waals surface area (Å²) >= 11 is 0.